The van der Waals surface area contributed by atoms with Gasteiger partial charge in [0.05, 0.1) is 0 Å². The molecule has 0 spiro atoms. The molecular weight excluding hydrogens is 468 g/mol. The van der Waals surface area contributed by atoms with E-state index in [1.165, 1.54) is 83.2 Å². The first-order valence-corrected chi connectivity index (χ1v) is 15.6. The van der Waals surface area contributed by atoms with E-state index in [1.807, 2.05) is 0 Å². The lowest BCUT2D eigenvalue weighted by Crippen LogP contribution is -2.19. The number of benzene rings is 3. The molecule has 3 heteroatoms. The number of hydrogen-bond donors (Lipinski definition) is 1. The van der Waals surface area contributed by atoms with Crippen molar-refractivity contribution in [3.8, 4) is 22.3 Å². The van der Waals surface area contributed by atoms with E-state index in [1.54, 1.807) is 0 Å². The first kappa shape index (κ1) is 29.5. The van der Waals surface area contributed by atoms with Crippen LogP contribution in [0.2, 0.25) is 0 Å². The summed E-state index contributed by atoms with van der Waals surface area (Å²) in [5.74, 6) is 2.34. The Morgan fingerprint density at radius 2 is 1.49 bits per heavy atom. The predicted octanol–water partition coefficient (Wildman–Crippen LogP) is 9.18. The standard InChI is InChI=1S/C34H48N2S/c1-5-8-20-35-25-32-24-30(33-17-12-11-15-31(33)26-36(4)21-9-6-2)18-19-34(32)29-16-13-14-28(23-29)27-37-22-10-7-3/h11-19,23-24,35H,5-10,20-22,25-27H2,1-4H3. The Labute approximate surface area is 231 Å². The summed E-state index contributed by atoms with van der Waals surface area (Å²) in [6.07, 6.45) is 7.49. The second-order valence-electron chi connectivity index (χ2n) is 10.3. The lowest BCUT2D eigenvalue weighted by molar-refractivity contribution is 0.321. The van der Waals surface area contributed by atoms with Gasteiger partial charge in [-0.05, 0) is 90.2 Å². The minimum atomic E-state index is 0.900. The molecule has 0 unspecified atom stereocenters. The number of thioether (sulfide) groups is 1. The number of unbranched alkanes of at least 4 members (excludes halogenated alkanes) is 3. The summed E-state index contributed by atoms with van der Waals surface area (Å²) in [5.41, 5.74) is 9.58. The fourth-order valence-corrected chi connectivity index (χ4v) is 5.77. The van der Waals surface area contributed by atoms with Crippen molar-refractivity contribution in [3.63, 3.8) is 0 Å². The van der Waals surface area contributed by atoms with E-state index in [9.17, 15) is 0 Å². The Morgan fingerprint density at radius 1 is 0.730 bits per heavy atom. The maximum atomic E-state index is 3.71. The molecule has 3 aromatic rings. The molecule has 3 rings (SSSR count). The van der Waals surface area contributed by atoms with Crippen molar-refractivity contribution in [1.82, 2.24) is 10.2 Å². The average Bonchev–Trinajstić information content (AvgIpc) is 2.93. The molecule has 0 heterocycles. The van der Waals surface area contributed by atoms with E-state index >= 15 is 0 Å². The van der Waals surface area contributed by atoms with Gasteiger partial charge in [-0.1, -0.05) is 101 Å². The molecule has 0 radical (unpaired) electrons. The zero-order chi connectivity index (χ0) is 26.3. The number of rotatable bonds is 17. The topological polar surface area (TPSA) is 15.3 Å². The molecule has 0 fully saturated rings. The fraction of sp³-hybridized carbons (Fsp3) is 0.471. The van der Waals surface area contributed by atoms with Gasteiger partial charge >= 0.3 is 0 Å². The third kappa shape index (κ3) is 9.63. The molecule has 200 valence electrons. The summed E-state index contributed by atoms with van der Waals surface area (Å²) in [6.45, 7) is 10.9. The number of nitrogens with zero attached hydrogens (tertiary/aromatic N) is 1. The Morgan fingerprint density at radius 3 is 2.30 bits per heavy atom. The van der Waals surface area contributed by atoms with Gasteiger partial charge in [0.1, 0.15) is 0 Å². The smallest absolute Gasteiger partial charge is 0.0236 e. The summed E-state index contributed by atoms with van der Waals surface area (Å²) in [6, 6.07) is 25.3. The second kappa shape index (κ2) is 16.7. The van der Waals surface area contributed by atoms with Gasteiger partial charge in [-0.2, -0.15) is 11.8 Å². The zero-order valence-electron chi connectivity index (χ0n) is 23.7. The van der Waals surface area contributed by atoms with Crippen LogP contribution in [-0.2, 0) is 18.8 Å². The monoisotopic (exact) mass is 516 g/mol. The summed E-state index contributed by atoms with van der Waals surface area (Å²) in [5, 5.41) is 3.71. The van der Waals surface area contributed by atoms with E-state index < -0.39 is 0 Å². The van der Waals surface area contributed by atoms with E-state index in [-0.39, 0.29) is 0 Å². The molecular formula is C34H48N2S. The first-order chi connectivity index (χ1) is 18.2. The molecule has 0 saturated carbocycles. The maximum Gasteiger partial charge on any atom is 0.0236 e. The van der Waals surface area contributed by atoms with E-state index in [0.717, 1.165) is 31.9 Å². The quantitative estimate of drug-likeness (QED) is 0.180. The van der Waals surface area contributed by atoms with Crippen molar-refractivity contribution >= 4 is 11.8 Å². The van der Waals surface area contributed by atoms with Crippen molar-refractivity contribution in [2.24, 2.45) is 0 Å². The molecule has 0 aliphatic carbocycles. The van der Waals surface area contributed by atoms with Crippen LogP contribution in [0.4, 0.5) is 0 Å². The second-order valence-corrected chi connectivity index (χ2v) is 11.4. The van der Waals surface area contributed by atoms with Gasteiger partial charge in [0.25, 0.3) is 0 Å². The molecule has 0 aliphatic heterocycles. The van der Waals surface area contributed by atoms with Crippen molar-refractivity contribution < 1.29 is 0 Å². The fourth-order valence-electron chi connectivity index (χ4n) is 4.72. The van der Waals surface area contributed by atoms with Crippen LogP contribution in [0.3, 0.4) is 0 Å². The number of hydrogen-bond acceptors (Lipinski definition) is 3. The van der Waals surface area contributed by atoms with Crippen LogP contribution in [0.25, 0.3) is 22.3 Å². The SMILES string of the molecule is CCCCNCc1cc(-c2ccccc2CN(C)CCCC)ccc1-c1cccc(CSCCCC)c1. The zero-order valence-corrected chi connectivity index (χ0v) is 24.5. The van der Waals surface area contributed by atoms with E-state index in [4.69, 9.17) is 0 Å². The molecule has 0 aromatic heterocycles. The summed E-state index contributed by atoms with van der Waals surface area (Å²) < 4.78 is 0. The Balaban J connectivity index is 1.89. The van der Waals surface area contributed by atoms with Crippen LogP contribution in [0.1, 0.15) is 76.0 Å². The Bertz CT molecular complexity index is 1060. The molecule has 0 bridgehead atoms. The molecule has 1 N–H and O–H groups in total. The highest BCUT2D eigenvalue weighted by Crippen LogP contribution is 2.32. The van der Waals surface area contributed by atoms with Crippen LogP contribution in [-0.4, -0.2) is 30.8 Å². The minimum Gasteiger partial charge on any atom is -0.313 e. The normalized spacial score (nSPS) is 11.4. The molecule has 0 aliphatic rings. The van der Waals surface area contributed by atoms with Crippen molar-refractivity contribution in [2.45, 2.75) is 78.1 Å². The lowest BCUT2D eigenvalue weighted by Gasteiger charge is -2.20. The van der Waals surface area contributed by atoms with Crippen molar-refractivity contribution in [1.29, 1.82) is 0 Å². The molecule has 3 aromatic carbocycles. The van der Waals surface area contributed by atoms with E-state index in [2.05, 4.69) is 117 Å². The third-order valence-corrected chi connectivity index (χ3v) is 8.05. The van der Waals surface area contributed by atoms with Crippen molar-refractivity contribution in [2.75, 3.05) is 25.9 Å². The highest BCUT2D eigenvalue weighted by Gasteiger charge is 2.12. The molecule has 37 heavy (non-hydrogen) atoms. The first-order valence-electron chi connectivity index (χ1n) is 14.4. The third-order valence-electron chi connectivity index (χ3n) is 6.94. The van der Waals surface area contributed by atoms with Gasteiger partial charge in [-0.25, -0.2) is 0 Å². The van der Waals surface area contributed by atoms with Gasteiger partial charge in [0.15, 0.2) is 0 Å². The van der Waals surface area contributed by atoms with Gasteiger partial charge in [0, 0.05) is 18.8 Å². The molecule has 0 atom stereocenters. The largest absolute Gasteiger partial charge is 0.313 e. The van der Waals surface area contributed by atoms with Gasteiger partial charge in [-0.3, -0.25) is 0 Å². The Hall–Kier alpha value is -2.07. The Kier molecular flexibility index (Phi) is 13.3. The highest BCUT2D eigenvalue weighted by atomic mass is 32.2. The van der Waals surface area contributed by atoms with E-state index in [0.29, 0.717) is 0 Å². The van der Waals surface area contributed by atoms with Crippen LogP contribution in [0.15, 0.2) is 66.7 Å². The van der Waals surface area contributed by atoms with Gasteiger partial charge in [-0.15, -0.1) is 0 Å². The summed E-state index contributed by atoms with van der Waals surface area (Å²) in [4.78, 5) is 2.45. The minimum absolute atomic E-state index is 0.900. The van der Waals surface area contributed by atoms with Crippen LogP contribution < -0.4 is 5.32 Å². The molecule has 0 amide bonds. The van der Waals surface area contributed by atoms with Crippen molar-refractivity contribution in [3.05, 3.63) is 83.4 Å². The predicted molar refractivity (Wildman–Crippen MR) is 166 cm³/mol. The van der Waals surface area contributed by atoms with Crippen LogP contribution in [0.5, 0.6) is 0 Å². The lowest BCUT2D eigenvalue weighted by atomic mass is 9.92. The molecule has 0 saturated heterocycles. The summed E-state index contributed by atoms with van der Waals surface area (Å²) >= 11 is 2.05. The van der Waals surface area contributed by atoms with Gasteiger partial charge in [0.2, 0.25) is 0 Å². The van der Waals surface area contributed by atoms with Crippen LogP contribution in [0, 0.1) is 0 Å². The highest BCUT2D eigenvalue weighted by molar-refractivity contribution is 7.98. The van der Waals surface area contributed by atoms with Gasteiger partial charge < -0.3 is 10.2 Å². The average molecular weight is 517 g/mol. The maximum absolute atomic E-state index is 3.71. The van der Waals surface area contributed by atoms with Crippen LogP contribution >= 0.6 is 11.8 Å². The molecule has 2 nitrogen and oxygen atoms in total. The number of nitrogens with one attached hydrogen (secondary N) is 1. The summed E-state index contributed by atoms with van der Waals surface area (Å²) in [7, 11) is 2.24.